The van der Waals surface area contributed by atoms with Crippen LogP contribution in [0.2, 0.25) is 0 Å². The monoisotopic (exact) mass is 281 g/mol. The number of nitrogens with zero attached hydrogens (tertiary/aromatic N) is 2. The second-order valence-electron chi connectivity index (χ2n) is 7.16. The fraction of sp³-hybridized carbons (Fsp3) is 1.00. The van der Waals surface area contributed by atoms with Crippen molar-refractivity contribution >= 4 is 0 Å². The van der Waals surface area contributed by atoms with Crippen molar-refractivity contribution in [2.75, 3.05) is 33.2 Å². The molecule has 0 amide bonds. The minimum absolute atomic E-state index is 0.250. The van der Waals surface area contributed by atoms with E-state index in [2.05, 4.69) is 30.7 Å². The summed E-state index contributed by atoms with van der Waals surface area (Å²) in [5.74, 6) is 0.836. The van der Waals surface area contributed by atoms with E-state index in [4.69, 9.17) is 5.73 Å². The van der Waals surface area contributed by atoms with Gasteiger partial charge in [-0.15, -0.1) is 0 Å². The van der Waals surface area contributed by atoms with Crippen LogP contribution in [0.25, 0.3) is 0 Å². The lowest BCUT2D eigenvalue weighted by Gasteiger charge is -2.48. The van der Waals surface area contributed by atoms with Gasteiger partial charge in [-0.1, -0.05) is 26.7 Å². The molecule has 2 aliphatic rings. The fourth-order valence-electron chi connectivity index (χ4n) is 4.48. The van der Waals surface area contributed by atoms with Gasteiger partial charge in [-0.25, -0.2) is 0 Å². The van der Waals surface area contributed by atoms with Gasteiger partial charge in [0.15, 0.2) is 0 Å². The Morgan fingerprint density at radius 1 is 1.15 bits per heavy atom. The molecular formula is C17H35N3. The molecule has 2 fully saturated rings. The third kappa shape index (κ3) is 3.37. The average Bonchev–Trinajstić information content (AvgIpc) is 2.70. The van der Waals surface area contributed by atoms with Crippen molar-refractivity contribution in [3.63, 3.8) is 0 Å². The van der Waals surface area contributed by atoms with E-state index >= 15 is 0 Å². The maximum absolute atomic E-state index is 6.29. The highest BCUT2D eigenvalue weighted by atomic mass is 15.2. The highest BCUT2D eigenvalue weighted by molar-refractivity contribution is 4.97. The van der Waals surface area contributed by atoms with Crippen LogP contribution in [0.15, 0.2) is 0 Å². The summed E-state index contributed by atoms with van der Waals surface area (Å²) >= 11 is 0. The lowest BCUT2D eigenvalue weighted by molar-refractivity contribution is 0.0215. The molecule has 0 spiro atoms. The van der Waals surface area contributed by atoms with Crippen LogP contribution in [0.4, 0.5) is 0 Å². The van der Waals surface area contributed by atoms with Gasteiger partial charge in [0, 0.05) is 18.1 Å². The predicted molar refractivity (Wildman–Crippen MR) is 86.9 cm³/mol. The second-order valence-corrected chi connectivity index (χ2v) is 7.16. The van der Waals surface area contributed by atoms with Crippen molar-refractivity contribution < 1.29 is 0 Å². The Balaban J connectivity index is 2.08. The van der Waals surface area contributed by atoms with Crippen LogP contribution in [0.1, 0.15) is 58.8 Å². The first-order valence-electron chi connectivity index (χ1n) is 8.78. The van der Waals surface area contributed by atoms with E-state index in [0.29, 0.717) is 0 Å². The van der Waals surface area contributed by atoms with Gasteiger partial charge in [0.2, 0.25) is 0 Å². The summed E-state index contributed by atoms with van der Waals surface area (Å²) in [4.78, 5) is 5.30. The first-order chi connectivity index (χ1) is 9.63. The molecule has 0 aromatic rings. The van der Waals surface area contributed by atoms with Crippen LogP contribution < -0.4 is 5.73 Å². The quantitative estimate of drug-likeness (QED) is 0.860. The van der Waals surface area contributed by atoms with Crippen LogP contribution in [0.5, 0.6) is 0 Å². The summed E-state index contributed by atoms with van der Waals surface area (Å²) in [5, 5.41) is 0. The second kappa shape index (κ2) is 7.24. The molecule has 3 atom stereocenters. The van der Waals surface area contributed by atoms with Crippen LogP contribution >= 0.6 is 0 Å². The molecule has 0 aromatic heterocycles. The fourth-order valence-corrected chi connectivity index (χ4v) is 4.48. The summed E-state index contributed by atoms with van der Waals surface area (Å²) < 4.78 is 0. The van der Waals surface area contributed by atoms with Gasteiger partial charge in [0.25, 0.3) is 0 Å². The molecule has 3 nitrogen and oxygen atoms in total. The van der Waals surface area contributed by atoms with Crippen LogP contribution in [-0.2, 0) is 0 Å². The average molecular weight is 281 g/mol. The number of nitrogens with two attached hydrogens (primary N) is 1. The van der Waals surface area contributed by atoms with E-state index in [0.717, 1.165) is 18.5 Å². The van der Waals surface area contributed by atoms with Gasteiger partial charge in [-0.05, 0) is 64.7 Å². The molecule has 1 aliphatic carbocycles. The zero-order valence-electron chi connectivity index (χ0n) is 13.9. The Hall–Kier alpha value is -0.120. The Kier molecular flexibility index (Phi) is 5.88. The summed E-state index contributed by atoms with van der Waals surface area (Å²) in [6.45, 7) is 9.21. The zero-order valence-corrected chi connectivity index (χ0v) is 13.9. The van der Waals surface area contributed by atoms with Gasteiger partial charge in [-0.2, -0.15) is 0 Å². The largest absolute Gasteiger partial charge is 0.329 e. The molecule has 2 rings (SSSR count). The first-order valence-corrected chi connectivity index (χ1v) is 8.78. The van der Waals surface area contributed by atoms with Crippen molar-refractivity contribution in [2.24, 2.45) is 11.7 Å². The van der Waals surface area contributed by atoms with E-state index in [1.807, 2.05) is 0 Å². The molecule has 0 bridgehead atoms. The normalized spacial score (nSPS) is 37.0. The van der Waals surface area contributed by atoms with Gasteiger partial charge in [0.05, 0.1) is 0 Å². The van der Waals surface area contributed by atoms with Gasteiger partial charge < -0.3 is 10.6 Å². The molecule has 3 unspecified atom stereocenters. The summed E-state index contributed by atoms with van der Waals surface area (Å²) in [5.41, 5.74) is 6.54. The lowest BCUT2D eigenvalue weighted by atomic mass is 9.80. The van der Waals surface area contributed by atoms with E-state index in [9.17, 15) is 0 Å². The highest BCUT2D eigenvalue weighted by Crippen LogP contribution is 2.35. The minimum Gasteiger partial charge on any atom is -0.329 e. The van der Waals surface area contributed by atoms with Gasteiger partial charge in [0.1, 0.15) is 0 Å². The molecule has 118 valence electrons. The summed E-state index contributed by atoms with van der Waals surface area (Å²) in [6.07, 6.45) is 9.42. The Morgan fingerprint density at radius 2 is 1.90 bits per heavy atom. The molecule has 1 aliphatic heterocycles. The van der Waals surface area contributed by atoms with Crippen LogP contribution in [0.3, 0.4) is 0 Å². The summed E-state index contributed by atoms with van der Waals surface area (Å²) in [6, 6.07) is 0.750. The van der Waals surface area contributed by atoms with E-state index in [1.165, 1.54) is 64.6 Å². The Bertz CT molecular complexity index is 294. The molecule has 0 aromatic carbocycles. The molecule has 3 heteroatoms. The number of likely N-dealkylation sites (tertiary alicyclic amines) is 1. The van der Waals surface area contributed by atoms with Gasteiger partial charge >= 0.3 is 0 Å². The SMILES string of the molecule is CCN1CCCC(CN)(N(C)C2CCCCC2C)CC1. The van der Waals surface area contributed by atoms with Crippen molar-refractivity contribution in [3.05, 3.63) is 0 Å². The predicted octanol–water partition coefficient (Wildman–Crippen LogP) is 2.70. The highest BCUT2D eigenvalue weighted by Gasteiger charge is 2.40. The lowest BCUT2D eigenvalue weighted by Crippen LogP contribution is -2.58. The van der Waals surface area contributed by atoms with Crippen molar-refractivity contribution in [1.29, 1.82) is 0 Å². The van der Waals surface area contributed by atoms with E-state index in [1.54, 1.807) is 0 Å². The van der Waals surface area contributed by atoms with Crippen molar-refractivity contribution in [3.8, 4) is 0 Å². The molecule has 2 N–H and O–H groups in total. The van der Waals surface area contributed by atoms with Crippen molar-refractivity contribution in [1.82, 2.24) is 9.80 Å². The third-order valence-corrected chi connectivity index (χ3v) is 6.15. The van der Waals surface area contributed by atoms with Crippen LogP contribution in [-0.4, -0.2) is 54.6 Å². The summed E-state index contributed by atoms with van der Waals surface area (Å²) in [7, 11) is 2.36. The smallest absolute Gasteiger partial charge is 0.0344 e. The number of hydrogen-bond acceptors (Lipinski definition) is 3. The Labute approximate surface area is 125 Å². The Morgan fingerprint density at radius 3 is 2.55 bits per heavy atom. The molecule has 1 heterocycles. The minimum atomic E-state index is 0.250. The standard InChI is InChI=1S/C17H35N3/c1-4-20-12-7-10-17(14-18,11-13-20)19(3)16-9-6-5-8-15(16)2/h15-16H,4-14,18H2,1-3H3. The number of rotatable bonds is 4. The maximum atomic E-state index is 6.29. The van der Waals surface area contributed by atoms with E-state index in [-0.39, 0.29) is 5.54 Å². The third-order valence-electron chi connectivity index (χ3n) is 6.15. The molecule has 20 heavy (non-hydrogen) atoms. The topological polar surface area (TPSA) is 32.5 Å². The molecule has 1 saturated heterocycles. The zero-order chi connectivity index (χ0) is 14.6. The molecule has 0 radical (unpaired) electrons. The number of likely N-dealkylation sites (N-methyl/N-ethyl adjacent to an activating group) is 1. The molecular weight excluding hydrogens is 246 g/mol. The van der Waals surface area contributed by atoms with Gasteiger partial charge in [-0.3, -0.25) is 4.90 Å². The number of hydrogen-bond donors (Lipinski definition) is 1. The maximum Gasteiger partial charge on any atom is 0.0344 e. The van der Waals surface area contributed by atoms with Crippen molar-refractivity contribution in [2.45, 2.75) is 70.4 Å². The molecule has 1 saturated carbocycles. The van der Waals surface area contributed by atoms with Crippen LogP contribution in [0, 0.1) is 5.92 Å². The first kappa shape index (κ1) is 16.3. The van der Waals surface area contributed by atoms with E-state index < -0.39 is 0 Å².